The number of hydrogen-bond acceptors (Lipinski definition) is 13. The topological polar surface area (TPSA) is 216 Å². The van der Waals surface area contributed by atoms with Gasteiger partial charge in [0.1, 0.15) is 46.3 Å². The first-order chi connectivity index (χ1) is 33.5. The van der Waals surface area contributed by atoms with Gasteiger partial charge in [0.15, 0.2) is 5.78 Å². The van der Waals surface area contributed by atoms with Crippen LogP contribution in [0.25, 0.3) is 22.3 Å². The maximum atomic E-state index is 13.1. The van der Waals surface area contributed by atoms with Gasteiger partial charge in [-0.1, -0.05) is 47.5 Å². The molecule has 8 rings (SSSR count). The number of ketones is 1. The number of Topliss-reactive ketones (excluding diaryl/α,β-unsaturated/α-hetero) is 1. The first kappa shape index (κ1) is 53.6. The van der Waals surface area contributed by atoms with Gasteiger partial charge in [-0.15, -0.1) is 0 Å². The summed E-state index contributed by atoms with van der Waals surface area (Å²) in [5.74, 6) is 0.502. The zero-order valence-corrected chi connectivity index (χ0v) is 42.5. The van der Waals surface area contributed by atoms with Crippen LogP contribution in [0, 0.1) is 28.6 Å². The number of benzene rings is 4. The van der Waals surface area contributed by atoms with Gasteiger partial charge in [0.25, 0.3) is 0 Å². The predicted molar refractivity (Wildman–Crippen MR) is 272 cm³/mol. The number of nitrogens with two attached hydrogens (primary N) is 1. The van der Waals surface area contributed by atoms with E-state index in [4.69, 9.17) is 53.0 Å². The smallest absolute Gasteiger partial charge is 0.335 e. The minimum Gasteiger partial charge on any atom is -0.478 e. The lowest BCUT2D eigenvalue weighted by Gasteiger charge is -2.45. The zero-order chi connectivity index (χ0) is 51.7. The second kappa shape index (κ2) is 22.5. The van der Waals surface area contributed by atoms with E-state index in [9.17, 15) is 20.1 Å². The second-order valence-corrected chi connectivity index (χ2v) is 20.8. The molecule has 0 bridgehead atoms. The van der Waals surface area contributed by atoms with Crippen LogP contribution in [0.4, 0.5) is 0 Å². The molecule has 0 radical (unpaired) electrons. The third-order valence-corrected chi connectivity index (χ3v) is 12.2. The summed E-state index contributed by atoms with van der Waals surface area (Å²) in [5, 5.41) is 44.0. The number of ether oxygens (including phenoxy) is 4. The van der Waals surface area contributed by atoms with Crippen LogP contribution in [0.3, 0.4) is 0 Å². The van der Waals surface area contributed by atoms with E-state index < -0.39 is 5.97 Å². The lowest BCUT2D eigenvalue weighted by Crippen LogP contribution is -2.50. The minimum absolute atomic E-state index is 0.0405. The summed E-state index contributed by atoms with van der Waals surface area (Å²) in [5.41, 5.74) is 9.39. The molecule has 0 aliphatic carbocycles. The van der Waals surface area contributed by atoms with E-state index in [1.54, 1.807) is 79.3 Å². The van der Waals surface area contributed by atoms with Crippen molar-refractivity contribution < 1.29 is 33.6 Å². The third kappa shape index (κ3) is 14.6. The van der Waals surface area contributed by atoms with E-state index in [0.29, 0.717) is 62.6 Å². The highest BCUT2D eigenvalue weighted by molar-refractivity contribution is 6.32. The van der Waals surface area contributed by atoms with Gasteiger partial charge in [0.05, 0.1) is 62.8 Å². The number of nitriles is 2. The Kier molecular flexibility index (Phi) is 17.0. The predicted octanol–water partition coefficient (Wildman–Crippen LogP) is 12.9. The highest BCUT2D eigenvalue weighted by Gasteiger charge is 2.40. The van der Waals surface area contributed by atoms with E-state index >= 15 is 0 Å². The molecule has 4 heterocycles. The van der Waals surface area contributed by atoms with E-state index in [1.165, 1.54) is 24.4 Å². The monoisotopic (exact) mass is 997 g/mol. The van der Waals surface area contributed by atoms with E-state index in [1.807, 2.05) is 6.07 Å². The highest BCUT2D eigenvalue weighted by Crippen LogP contribution is 2.42. The van der Waals surface area contributed by atoms with Gasteiger partial charge < -0.3 is 29.8 Å². The standard InChI is InChI=1S/C28H28ClN3O3.C18H10ClN3O3.C9H19NO/c1-27(2)14-18(15-28(3,4)35-27)12-24(33)19-8-9-26(23(29)13-19)34-25-7-5-6-21(22(25)16-30)20-10-11-31-32-17-20;19-15-8-11(18(23)24)4-5-17(15)25-16-3-1-2-13(14(16)9-20)12-6-7-21-22-10-12;1-8(2)5-7(10)6-9(3,4)11-8/h5-11,13,17-18H,12,14-15H2,1-4H3;1-8,10H,(H,23,24);7H,5-6,10H2,1-4H3. The largest absolute Gasteiger partial charge is 0.478 e. The van der Waals surface area contributed by atoms with Crippen molar-refractivity contribution in [1.82, 2.24) is 20.4 Å². The number of aromatic nitrogens is 4. The van der Waals surface area contributed by atoms with Crippen LogP contribution < -0.4 is 15.2 Å². The number of carbonyl (C=O) groups is 2. The van der Waals surface area contributed by atoms with Crippen molar-refractivity contribution in [1.29, 1.82) is 10.5 Å². The molecule has 2 fully saturated rings. The Labute approximate surface area is 424 Å². The van der Waals surface area contributed by atoms with Crippen LogP contribution in [0.2, 0.25) is 10.0 Å². The molecule has 4 aromatic carbocycles. The summed E-state index contributed by atoms with van der Waals surface area (Å²) >= 11 is 12.6. The van der Waals surface area contributed by atoms with Crippen LogP contribution in [-0.4, -0.2) is 65.7 Å². The molecule has 0 saturated carbocycles. The Morgan fingerprint density at radius 1 is 0.634 bits per heavy atom. The Hall–Kier alpha value is -6.78. The molecule has 0 amide bonds. The summed E-state index contributed by atoms with van der Waals surface area (Å²) in [6, 6.07) is 27.8. The molecule has 6 aromatic rings. The Bertz CT molecular complexity index is 2920. The minimum atomic E-state index is -1.08. The van der Waals surface area contributed by atoms with Crippen molar-refractivity contribution in [2.24, 2.45) is 11.7 Å². The number of carbonyl (C=O) groups excluding carboxylic acids is 1. The fraction of sp³-hybridized carbons (Fsp3) is 0.345. The summed E-state index contributed by atoms with van der Waals surface area (Å²) < 4.78 is 23.8. The molecular formula is C55H57Cl2N7O7. The molecule has 71 heavy (non-hydrogen) atoms. The number of aromatic carboxylic acids is 1. The summed E-state index contributed by atoms with van der Waals surface area (Å²) in [4.78, 5) is 24.0. The lowest BCUT2D eigenvalue weighted by atomic mass is 9.78. The van der Waals surface area contributed by atoms with Crippen molar-refractivity contribution >= 4 is 35.0 Å². The quantitative estimate of drug-likeness (QED) is 0.122. The molecule has 2 saturated heterocycles. The second-order valence-electron chi connectivity index (χ2n) is 20.0. The molecule has 0 atom stereocenters. The number of carboxylic acid groups (broad SMARTS) is 1. The maximum absolute atomic E-state index is 13.1. The first-order valence-electron chi connectivity index (χ1n) is 23.0. The van der Waals surface area contributed by atoms with Gasteiger partial charge in [0, 0.05) is 40.3 Å². The fourth-order valence-corrected chi connectivity index (χ4v) is 9.98. The summed E-state index contributed by atoms with van der Waals surface area (Å²) in [7, 11) is 0. The normalized spacial score (nSPS) is 16.6. The van der Waals surface area contributed by atoms with Crippen LogP contribution in [0.5, 0.6) is 23.0 Å². The molecule has 3 N–H and O–H groups in total. The Morgan fingerprint density at radius 2 is 1.06 bits per heavy atom. The lowest BCUT2D eigenvalue weighted by molar-refractivity contribution is -0.171. The van der Waals surface area contributed by atoms with Crippen LogP contribution in [0.1, 0.15) is 119 Å². The Morgan fingerprint density at radius 3 is 1.44 bits per heavy atom. The zero-order valence-electron chi connectivity index (χ0n) is 41.0. The van der Waals surface area contributed by atoms with Gasteiger partial charge >= 0.3 is 5.97 Å². The van der Waals surface area contributed by atoms with Crippen molar-refractivity contribution in [2.45, 2.75) is 116 Å². The van der Waals surface area contributed by atoms with E-state index in [-0.39, 0.29) is 50.4 Å². The Balaban J connectivity index is 0.000000198. The van der Waals surface area contributed by atoms with E-state index in [0.717, 1.165) is 36.8 Å². The van der Waals surface area contributed by atoms with Gasteiger partial charge in [0.2, 0.25) is 0 Å². The van der Waals surface area contributed by atoms with E-state index in [2.05, 4.69) is 87.9 Å². The molecule has 2 aromatic heterocycles. The number of hydrogen-bond donors (Lipinski definition) is 2. The number of nitrogens with zero attached hydrogens (tertiary/aromatic N) is 6. The average molecular weight is 999 g/mol. The van der Waals surface area contributed by atoms with Gasteiger partial charge in [-0.25, -0.2) is 4.79 Å². The van der Waals surface area contributed by atoms with Gasteiger partial charge in [-0.2, -0.15) is 30.9 Å². The van der Waals surface area contributed by atoms with Gasteiger partial charge in [-0.3, -0.25) is 4.79 Å². The number of halogens is 2. The number of rotatable bonds is 10. The molecule has 0 spiro atoms. The van der Waals surface area contributed by atoms with Crippen LogP contribution >= 0.6 is 23.2 Å². The van der Waals surface area contributed by atoms with Crippen molar-refractivity contribution in [2.75, 3.05) is 0 Å². The molecule has 2 aliphatic rings. The fourth-order valence-electron chi connectivity index (χ4n) is 9.54. The average Bonchev–Trinajstić information content (AvgIpc) is 3.29. The molecule has 0 unspecified atom stereocenters. The highest BCUT2D eigenvalue weighted by atomic mass is 35.5. The van der Waals surface area contributed by atoms with Crippen LogP contribution in [0.15, 0.2) is 110 Å². The third-order valence-electron chi connectivity index (χ3n) is 11.6. The van der Waals surface area contributed by atoms with Crippen molar-refractivity contribution in [3.05, 3.63) is 142 Å². The molecule has 14 nitrogen and oxygen atoms in total. The molecule has 2 aliphatic heterocycles. The maximum Gasteiger partial charge on any atom is 0.335 e. The van der Waals surface area contributed by atoms with Crippen molar-refractivity contribution in [3.63, 3.8) is 0 Å². The van der Waals surface area contributed by atoms with Crippen LogP contribution in [-0.2, 0) is 9.47 Å². The summed E-state index contributed by atoms with van der Waals surface area (Å²) in [6.07, 6.45) is 10.3. The SMILES string of the molecule is CC1(C)CC(CC(=O)c2ccc(Oc3cccc(-c4ccnnc4)c3C#N)c(Cl)c2)CC(C)(C)O1.CC1(C)CC(N)CC(C)(C)O1.N#Cc1c(Oc2ccc(C(=O)O)cc2Cl)cccc1-c1ccnnc1. The molecule has 16 heteroatoms. The molecule has 368 valence electrons. The number of carboxylic acids is 1. The van der Waals surface area contributed by atoms with Crippen molar-refractivity contribution in [3.8, 4) is 57.4 Å². The van der Waals surface area contributed by atoms with Gasteiger partial charge in [-0.05, 0) is 148 Å². The first-order valence-corrected chi connectivity index (χ1v) is 23.7. The summed E-state index contributed by atoms with van der Waals surface area (Å²) in [6.45, 7) is 16.7. The molecular weight excluding hydrogens is 942 g/mol.